The molecule has 3 N–H and O–H groups in total. The SMILES string of the molecule is CC(C)(C)OC(=O)N1CCCC1c1ncc(-c2ccc3c(c2)C(F)(F)c2cc(-c4ccc5nc(C6CC7(CN6C(=O)O)OCCO7)[nH]c5c4)ccc2-3)[nH]1. The molecule has 9 rings (SSSR count). The van der Waals surface area contributed by atoms with Crippen LogP contribution in [0.2, 0.25) is 0 Å². The van der Waals surface area contributed by atoms with Gasteiger partial charge in [0.2, 0.25) is 0 Å². The van der Waals surface area contributed by atoms with E-state index in [-0.39, 0.29) is 23.7 Å². The van der Waals surface area contributed by atoms with Gasteiger partial charge in [-0.2, -0.15) is 8.78 Å². The van der Waals surface area contributed by atoms with Gasteiger partial charge in [-0.1, -0.05) is 30.3 Å². The van der Waals surface area contributed by atoms with Gasteiger partial charge in [0, 0.05) is 29.7 Å². The molecule has 2 unspecified atom stereocenters. The van der Waals surface area contributed by atoms with Crippen LogP contribution in [0.15, 0.2) is 60.8 Å². The van der Waals surface area contributed by atoms with Gasteiger partial charge in [0.25, 0.3) is 5.92 Å². The monoisotopic (exact) mass is 724 g/mol. The van der Waals surface area contributed by atoms with Crippen molar-refractivity contribution in [1.82, 2.24) is 29.7 Å². The van der Waals surface area contributed by atoms with E-state index in [2.05, 4.69) is 19.9 Å². The first-order valence-electron chi connectivity index (χ1n) is 17.8. The first-order chi connectivity index (χ1) is 25.3. The molecule has 1 aliphatic carbocycles. The third-order valence-corrected chi connectivity index (χ3v) is 10.6. The predicted octanol–water partition coefficient (Wildman–Crippen LogP) is 7.98. The van der Waals surface area contributed by atoms with Gasteiger partial charge >= 0.3 is 12.2 Å². The lowest BCUT2D eigenvalue weighted by Crippen LogP contribution is -2.36. The van der Waals surface area contributed by atoms with Crippen molar-refractivity contribution in [3.8, 4) is 33.5 Å². The minimum atomic E-state index is -3.26. The molecule has 2 atom stereocenters. The molecule has 4 aliphatic rings. The number of nitrogens with one attached hydrogen (secondary N) is 2. The Morgan fingerprint density at radius 1 is 0.906 bits per heavy atom. The van der Waals surface area contributed by atoms with E-state index in [1.807, 2.05) is 45.0 Å². The summed E-state index contributed by atoms with van der Waals surface area (Å²) in [5.74, 6) is -3.18. The molecule has 274 valence electrons. The molecule has 3 saturated heterocycles. The summed E-state index contributed by atoms with van der Waals surface area (Å²) >= 11 is 0. The van der Waals surface area contributed by atoms with Gasteiger partial charge in [-0.25, -0.2) is 19.6 Å². The molecule has 2 amide bonds. The number of hydrogen-bond donors (Lipinski definition) is 3. The third kappa shape index (κ3) is 5.62. The van der Waals surface area contributed by atoms with Crippen molar-refractivity contribution in [2.24, 2.45) is 0 Å². The lowest BCUT2D eigenvalue weighted by Gasteiger charge is -2.27. The number of aromatic amines is 2. The second-order valence-electron chi connectivity index (χ2n) is 15.2. The van der Waals surface area contributed by atoms with Crippen LogP contribution in [-0.4, -0.2) is 84.7 Å². The van der Waals surface area contributed by atoms with Crippen LogP contribution in [0.3, 0.4) is 0 Å². The summed E-state index contributed by atoms with van der Waals surface area (Å²) in [7, 11) is 0. The van der Waals surface area contributed by atoms with E-state index in [0.717, 1.165) is 12.8 Å². The third-order valence-electron chi connectivity index (χ3n) is 10.6. The Labute approximate surface area is 303 Å². The number of carbonyl (C=O) groups is 2. The summed E-state index contributed by atoms with van der Waals surface area (Å²) in [5.41, 5.74) is 3.89. The highest BCUT2D eigenvalue weighted by atomic mass is 19.3. The fourth-order valence-corrected chi connectivity index (χ4v) is 8.17. The van der Waals surface area contributed by atoms with Gasteiger partial charge < -0.3 is 29.3 Å². The normalized spacial score (nSPS) is 21.5. The first kappa shape index (κ1) is 33.5. The predicted molar refractivity (Wildman–Crippen MR) is 189 cm³/mol. The number of carboxylic acid groups (broad SMARTS) is 1. The van der Waals surface area contributed by atoms with Crippen LogP contribution in [0.25, 0.3) is 44.5 Å². The molecule has 0 saturated carbocycles. The number of fused-ring (bicyclic) bond motifs is 4. The van der Waals surface area contributed by atoms with Gasteiger partial charge in [0.1, 0.15) is 17.2 Å². The number of H-pyrrole nitrogens is 2. The minimum Gasteiger partial charge on any atom is -0.465 e. The zero-order valence-electron chi connectivity index (χ0n) is 29.4. The number of likely N-dealkylation sites (tertiary alicyclic amines) is 2. The summed E-state index contributed by atoms with van der Waals surface area (Å²) in [6.45, 7) is 6.91. The first-order valence-corrected chi connectivity index (χ1v) is 17.8. The molecule has 3 fully saturated rings. The quantitative estimate of drug-likeness (QED) is 0.169. The molecule has 5 heterocycles. The Kier molecular flexibility index (Phi) is 7.48. The van der Waals surface area contributed by atoms with Gasteiger partial charge in [-0.3, -0.25) is 9.80 Å². The standard InChI is InChI=1S/C39H38F2N6O6/c1-37(2,3)53-36(50)46-12-4-5-31(46)33-42-19-30(45-33)23-7-10-25-24-9-6-21(15-26(24)39(40,41)27(25)16-23)22-8-11-28-29(17-22)44-34(43-28)32-18-38(51-13-14-52-38)20-47(32)35(48)49/h6-11,15-17,19,31-32H,4-5,12-14,18,20H2,1-3H3,(H,42,45)(H,43,44)(H,48,49). The largest absolute Gasteiger partial charge is 0.465 e. The molecular formula is C39H38F2N6O6. The Hall–Kier alpha value is -5.34. The number of carbonyl (C=O) groups excluding carboxylic acids is 1. The number of nitrogens with zero attached hydrogens (tertiary/aromatic N) is 4. The van der Waals surface area contributed by atoms with Crippen molar-refractivity contribution in [3.05, 3.63) is 83.6 Å². The zero-order valence-corrected chi connectivity index (χ0v) is 29.4. The molecule has 3 aromatic carbocycles. The molecule has 5 aromatic rings. The number of hydrogen-bond acceptors (Lipinski definition) is 7. The van der Waals surface area contributed by atoms with Crippen LogP contribution < -0.4 is 0 Å². The van der Waals surface area contributed by atoms with Crippen molar-refractivity contribution in [2.45, 2.75) is 69.4 Å². The van der Waals surface area contributed by atoms with E-state index in [0.29, 0.717) is 82.4 Å². The number of rotatable bonds is 4. The molecule has 0 radical (unpaired) electrons. The molecule has 14 heteroatoms. The molecule has 12 nitrogen and oxygen atoms in total. The van der Waals surface area contributed by atoms with E-state index in [4.69, 9.17) is 14.2 Å². The summed E-state index contributed by atoms with van der Waals surface area (Å²) in [4.78, 5) is 43.7. The molecule has 0 bridgehead atoms. The Bertz CT molecular complexity index is 2290. The van der Waals surface area contributed by atoms with Crippen molar-refractivity contribution in [3.63, 3.8) is 0 Å². The smallest absolute Gasteiger partial charge is 0.410 e. The highest BCUT2D eigenvalue weighted by Crippen LogP contribution is 2.53. The van der Waals surface area contributed by atoms with Crippen molar-refractivity contribution in [1.29, 1.82) is 0 Å². The number of aromatic nitrogens is 4. The van der Waals surface area contributed by atoms with Gasteiger partial charge in [-0.15, -0.1) is 0 Å². The maximum Gasteiger partial charge on any atom is 0.410 e. The van der Waals surface area contributed by atoms with Crippen molar-refractivity contribution in [2.75, 3.05) is 26.3 Å². The second-order valence-corrected chi connectivity index (χ2v) is 15.2. The Balaban J connectivity index is 0.975. The molecule has 2 aromatic heterocycles. The van der Waals surface area contributed by atoms with E-state index in [9.17, 15) is 14.7 Å². The average molecular weight is 725 g/mol. The van der Waals surface area contributed by atoms with Crippen molar-refractivity contribution >= 4 is 23.2 Å². The minimum absolute atomic E-state index is 0.0817. The number of amides is 2. The number of imidazole rings is 2. The number of benzene rings is 3. The van der Waals surface area contributed by atoms with Crippen LogP contribution >= 0.6 is 0 Å². The lowest BCUT2D eigenvalue weighted by molar-refractivity contribution is -0.144. The molecule has 53 heavy (non-hydrogen) atoms. The topological polar surface area (TPSA) is 146 Å². The highest BCUT2D eigenvalue weighted by molar-refractivity contribution is 5.87. The van der Waals surface area contributed by atoms with Gasteiger partial charge in [-0.05, 0) is 80.1 Å². The van der Waals surface area contributed by atoms with Crippen LogP contribution in [-0.2, 0) is 20.1 Å². The number of ether oxygens (including phenoxy) is 3. The van der Waals surface area contributed by atoms with Crippen LogP contribution in [0.1, 0.15) is 74.9 Å². The van der Waals surface area contributed by atoms with E-state index >= 15 is 8.78 Å². The Morgan fingerprint density at radius 2 is 1.58 bits per heavy atom. The van der Waals surface area contributed by atoms with Crippen LogP contribution in [0.4, 0.5) is 18.4 Å². The van der Waals surface area contributed by atoms with Crippen LogP contribution in [0.5, 0.6) is 0 Å². The zero-order chi connectivity index (χ0) is 36.9. The Morgan fingerprint density at radius 3 is 2.30 bits per heavy atom. The maximum absolute atomic E-state index is 16.3. The van der Waals surface area contributed by atoms with Crippen molar-refractivity contribution < 1.29 is 37.7 Å². The number of halogens is 2. The van der Waals surface area contributed by atoms with E-state index in [1.165, 1.54) is 17.0 Å². The van der Waals surface area contributed by atoms with E-state index in [1.54, 1.807) is 29.3 Å². The summed E-state index contributed by atoms with van der Waals surface area (Å²) in [6, 6.07) is 14.7. The summed E-state index contributed by atoms with van der Waals surface area (Å²) in [5, 5.41) is 9.90. The molecular weight excluding hydrogens is 686 g/mol. The van der Waals surface area contributed by atoms with Crippen LogP contribution in [0, 0.1) is 0 Å². The average Bonchev–Trinajstić information content (AvgIpc) is 3.97. The second kappa shape index (κ2) is 11.8. The summed E-state index contributed by atoms with van der Waals surface area (Å²) < 4.78 is 49.8. The fourth-order valence-electron chi connectivity index (χ4n) is 8.17. The summed E-state index contributed by atoms with van der Waals surface area (Å²) in [6.07, 6.45) is 1.96. The number of alkyl halides is 2. The highest BCUT2D eigenvalue weighted by Gasteiger charge is 2.52. The van der Waals surface area contributed by atoms with E-state index < -0.39 is 35.5 Å². The van der Waals surface area contributed by atoms with Gasteiger partial charge in [0.05, 0.1) is 54.8 Å². The van der Waals surface area contributed by atoms with Gasteiger partial charge in [0.15, 0.2) is 5.79 Å². The molecule has 1 spiro atoms. The fraction of sp³-hybridized carbons (Fsp3) is 0.385. The maximum atomic E-state index is 16.3. The lowest BCUT2D eigenvalue weighted by atomic mass is 9.98. The molecule has 3 aliphatic heterocycles.